The largest absolute Gasteiger partial charge is 0.0776 e. The second kappa shape index (κ2) is 22.5. The average molecular weight is 160 g/mol. The summed E-state index contributed by atoms with van der Waals surface area (Å²) in [5, 5.41) is 0. The van der Waals surface area contributed by atoms with Gasteiger partial charge in [-0.2, -0.15) is 0 Å². The lowest BCUT2D eigenvalue weighted by molar-refractivity contribution is 0.504. The molecule has 0 N–H and O–H groups in total. The zero-order valence-corrected chi connectivity index (χ0v) is 8.24. The zero-order valence-electron chi connectivity index (χ0n) is 8.24. The van der Waals surface area contributed by atoms with Crippen LogP contribution in [0.2, 0.25) is 0 Å². The topological polar surface area (TPSA) is 0 Å². The summed E-state index contributed by atoms with van der Waals surface area (Å²) in [5.41, 5.74) is 0. The van der Waals surface area contributed by atoms with Crippen molar-refractivity contribution < 1.29 is 0 Å². The Kier molecular flexibility index (Phi) is 35.2. The molecule has 1 aliphatic rings. The lowest BCUT2D eigenvalue weighted by atomic mass is 10.0. The fourth-order valence-corrected chi connectivity index (χ4v) is 1.06. The molecular weight excluding hydrogens is 132 g/mol. The van der Waals surface area contributed by atoms with Crippen molar-refractivity contribution in [3.8, 4) is 0 Å². The molecule has 72 valence electrons. The van der Waals surface area contributed by atoms with Crippen molar-refractivity contribution in [2.24, 2.45) is 0 Å². The van der Waals surface area contributed by atoms with Gasteiger partial charge >= 0.3 is 0 Å². The van der Waals surface area contributed by atoms with Gasteiger partial charge in [-0.15, -0.1) is 0 Å². The van der Waals surface area contributed by atoms with Crippen LogP contribution >= 0.6 is 0 Å². The van der Waals surface area contributed by atoms with Gasteiger partial charge in [-0.3, -0.25) is 0 Å². The summed E-state index contributed by atoms with van der Waals surface area (Å²) in [6, 6.07) is 0. The van der Waals surface area contributed by atoms with E-state index in [1.165, 1.54) is 38.5 Å². The molecule has 0 heteroatoms. The highest BCUT2D eigenvalue weighted by Gasteiger charge is 1.95. The van der Waals surface area contributed by atoms with Crippen molar-refractivity contribution in [1.82, 2.24) is 0 Å². The molecule has 0 bridgehead atoms. The molecular formula is C11H28. The van der Waals surface area contributed by atoms with E-state index in [-0.39, 0.29) is 7.43 Å². The summed E-state index contributed by atoms with van der Waals surface area (Å²) < 4.78 is 0. The molecule has 0 spiro atoms. The molecule has 1 saturated carbocycles. The van der Waals surface area contributed by atoms with Crippen LogP contribution in [-0.4, -0.2) is 0 Å². The zero-order chi connectivity index (χ0) is 8.24. The molecule has 0 aromatic rings. The molecule has 0 saturated heterocycles. The van der Waals surface area contributed by atoms with Crippen LogP contribution in [0.15, 0.2) is 0 Å². The molecule has 1 aliphatic carbocycles. The molecule has 0 amide bonds. The van der Waals surface area contributed by atoms with Gasteiger partial charge in [0.15, 0.2) is 0 Å². The monoisotopic (exact) mass is 160 g/mol. The predicted molar refractivity (Wildman–Crippen MR) is 57.1 cm³/mol. The maximum absolute atomic E-state index is 2.00. The smallest absolute Gasteiger partial charge is 0.0533 e. The Morgan fingerprint density at radius 3 is 0.636 bits per heavy atom. The third-order valence-corrected chi connectivity index (χ3v) is 1.50. The van der Waals surface area contributed by atoms with E-state index >= 15 is 0 Å². The molecule has 0 nitrogen and oxygen atoms in total. The number of rotatable bonds is 0. The quantitative estimate of drug-likeness (QED) is 0.466. The maximum Gasteiger partial charge on any atom is -0.0533 e. The Labute approximate surface area is 74.4 Å². The second-order valence-electron chi connectivity index (χ2n) is 2.12. The van der Waals surface area contributed by atoms with Crippen molar-refractivity contribution in [2.75, 3.05) is 0 Å². The second-order valence-corrected chi connectivity index (χ2v) is 2.12. The molecule has 0 aliphatic heterocycles. The first-order valence-electron chi connectivity index (χ1n) is 5.00. The summed E-state index contributed by atoms with van der Waals surface area (Å²) >= 11 is 0. The van der Waals surface area contributed by atoms with Crippen LogP contribution in [0.4, 0.5) is 0 Å². The van der Waals surface area contributed by atoms with Crippen LogP contribution in [0.3, 0.4) is 0 Å². The lowest BCUT2D eigenvalue weighted by Gasteiger charge is -2.05. The molecule has 0 heterocycles. The van der Waals surface area contributed by atoms with Gasteiger partial charge in [-0.05, 0) is 0 Å². The van der Waals surface area contributed by atoms with E-state index in [4.69, 9.17) is 0 Å². The fourth-order valence-electron chi connectivity index (χ4n) is 1.06. The molecule has 0 aromatic carbocycles. The highest BCUT2D eigenvalue weighted by atomic mass is 14.0. The first kappa shape index (κ1) is 17.2. The minimum absolute atomic E-state index is 0. The van der Waals surface area contributed by atoms with Crippen LogP contribution in [0.5, 0.6) is 0 Å². The van der Waals surface area contributed by atoms with Crippen LogP contribution < -0.4 is 0 Å². The Morgan fingerprint density at radius 1 is 0.455 bits per heavy atom. The molecule has 0 atom stereocenters. The van der Waals surface area contributed by atoms with Gasteiger partial charge in [0.05, 0.1) is 0 Å². The van der Waals surface area contributed by atoms with Crippen molar-refractivity contribution in [3.63, 3.8) is 0 Å². The van der Waals surface area contributed by atoms with Crippen molar-refractivity contribution in [2.45, 2.75) is 73.6 Å². The molecule has 1 fully saturated rings. The van der Waals surface area contributed by atoms with E-state index in [1.807, 2.05) is 27.7 Å². The average Bonchev–Trinajstić information content (AvgIpc) is 2.14. The van der Waals surface area contributed by atoms with E-state index in [9.17, 15) is 0 Å². The van der Waals surface area contributed by atoms with Gasteiger partial charge in [-0.25, -0.2) is 0 Å². The Balaban J connectivity index is -0.000000114. The third-order valence-electron chi connectivity index (χ3n) is 1.50. The Bertz CT molecular complexity index is 15.5. The van der Waals surface area contributed by atoms with Crippen molar-refractivity contribution in [3.05, 3.63) is 0 Å². The maximum atomic E-state index is 2.00. The minimum Gasteiger partial charge on any atom is -0.0776 e. The van der Waals surface area contributed by atoms with E-state index < -0.39 is 0 Å². The highest BCUT2D eigenvalue weighted by Crippen LogP contribution is 2.15. The Morgan fingerprint density at radius 2 is 0.545 bits per heavy atom. The van der Waals surface area contributed by atoms with Crippen LogP contribution in [0.25, 0.3) is 0 Å². The van der Waals surface area contributed by atoms with E-state index in [2.05, 4.69) is 0 Å². The highest BCUT2D eigenvalue weighted by molar-refractivity contribution is 4.51. The molecule has 11 heavy (non-hydrogen) atoms. The van der Waals surface area contributed by atoms with Gasteiger partial charge in [0.1, 0.15) is 0 Å². The fraction of sp³-hybridized carbons (Fsp3) is 1.00. The number of hydrogen-bond donors (Lipinski definition) is 0. The number of hydrogen-bond acceptors (Lipinski definition) is 0. The first-order chi connectivity index (χ1) is 5.00. The van der Waals surface area contributed by atoms with E-state index in [0.717, 1.165) is 0 Å². The normalized spacial score (nSPS) is 14.2. The molecule has 0 aromatic heterocycles. The lowest BCUT2D eigenvalue weighted by Crippen LogP contribution is -1.85. The standard InChI is InChI=1S/C6H12.2C2H6.CH4/c1-2-4-6-5-3-1;2*1-2;/h1-6H2;2*1-2H3;1H4. The van der Waals surface area contributed by atoms with Gasteiger partial charge in [0, 0.05) is 0 Å². The summed E-state index contributed by atoms with van der Waals surface area (Å²) in [5.74, 6) is 0. The molecule has 1 rings (SSSR count). The van der Waals surface area contributed by atoms with Crippen LogP contribution in [0.1, 0.15) is 73.6 Å². The summed E-state index contributed by atoms with van der Waals surface area (Å²) in [6.45, 7) is 8.00. The molecule has 0 unspecified atom stereocenters. The first-order valence-corrected chi connectivity index (χ1v) is 5.00. The predicted octanol–water partition coefficient (Wildman–Crippen LogP) is 5.03. The van der Waals surface area contributed by atoms with Gasteiger partial charge in [-0.1, -0.05) is 73.6 Å². The third kappa shape index (κ3) is 17.8. The van der Waals surface area contributed by atoms with E-state index in [0.29, 0.717) is 0 Å². The summed E-state index contributed by atoms with van der Waals surface area (Å²) in [6.07, 6.45) is 9.00. The van der Waals surface area contributed by atoms with Gasteiger partial charge in [0.25, 0.3) is 0 Å². The summed E-state index contributed by atoms with van der Waals surface area (Å²) in [7, 11) is 0. The van der Waals surface area contributed by atoms with Crippen LogP contribution in [0, 0.1) is 0 Å². The van der Waals surface area contributed by atoms with Crippen LogP contribution in [-0.2, 0) is 0 Å². The van der Waals surface area contributed by atoms with Gasteiger partial charge < -0.3 is 0 Å². The van der Waals surface area contributed by atoms with Crippen molar-refractivity contribution in [1.29, 1.82) is 0 Å². The van der Waals surface area contributed by atoms with Gasteiger partial charge in [0.2, 0.25) is 0 Å². The Hall–Kier alpha value is 0. The minimum atomic E-state index is 0. The molecule has 0 radical (unpaired) electrons. The van der Waals surface area contributed by atoms with E-state index in [1.54, 1.807) is 0 Å². The SMILES string of the molecule is C.C1CCCCC1.CC.CC. The summed E-state index contributed by atoms with van der Waals surface area (Å²) in [4.78, 5) is 0. The van der Waals surface area contributed by atoms with Crippen molar-refractivity contribution >= 4 is 0 Å².